The summed E-state index contributed by atoms with van der Waals surface area (Å²) in [6.07, 6.45) is 13.6. The van der Waals surface area contributed by atoms with Gasteiger partial charge in [0.2, 0.25) is 5.91 Å². The molecule has 0 aliphatic carbocycles. The highest BCUT2D eigenvalue weighted by Gasteiger charge is 2.32. The van der Waals surface area contributed by atoms with Gasteiger partial charge < -0.3 is 9.47 Å². The Morgan fingerprint density at radius 1 is 1.14 bits per heavy atom. The molecule has 4 heteroatoms. The Kier molecular flexibility index (Phi) is 11.2. The number of allylic oxidation sites excluding steroid dienone is 5. The van der Waals surface area contributed by atoms with E-state index in [9.17, 15) is 4.79 Å². The molecule has 186 valence electrons. The van der Waals surface area contributed by atoms with Gasteiger partial charge in [-0.3, -0.25) is 9.79 Å². The number of carbonyl (C=O) groups is 1. The lowest BCUT2D eigenvalue weighted by Crippen LogP contribution is -2.50. The van der Waals surface area contributed by atoms with Crippen LogP contribution in [0.4, 0.5) is 0 Å². The smallest absolute Gasteiger partial charge is 0.246 e. The summed E-state index contributed by atoms with van der Waals surface area (Å²) >= 11 is 0. The summed E-state index contributed by atoms with van der Waals surface area (Å²) in [7, 11) is 1.78. The van der Waals surface area contributed by atoms with Crippen LogP contribution in [0.15, 0.2) is 96.2 Å². The zero-order valence-electron chi connectivity index (χ0n) is 22.1. The van der Waals surface area contributed by atoms with E-state index in [0.29, 0.717) is 12.0 Å². The molecule has 0 saturated carbocycles. The lowest BCUT2D eigenvalue weighted by atomic mass is 9.96. The van der Waals surface area contributed by atoms with Gasteiger partial charge in [-0.05, 0) is 61.1 Å². The van der Waals surface area contributed by atoms with E-state index in [1.54, 1.807) is 7.05 Å². The lowest BCUT2D eigenvalue weighted by molar-refractivity contribution is -0.131. The zero-order valence-corrected chi connectivity index (χ0v) is 22.1. The predicted molar refractivity (Wildman–Crippen MR) is 150 cm³/mol. The van der Waals surface area contributed by atoms with Crippen molar-refractivity contribution in [1.82, 2.24) is 9.47 Å². The van der Waals surface area contributed by atoms with E-state index in [4.69, 9.17) is 0 Å². The molecule has 35 heavy (non-hydrogen) atoms. The van der Waals surface area contributed by atoms with Crippen molar-refractivity contribution in [2.24, 2.45) is 4.99 Å². The van der Waals surface area contributed by atoms with Gasteiger partial charge in [0.15, 0.2) is 0 Å². The molecule has 1 aliphatic rings. The average Bonchev–Trinajstić information content (AvgIpc) is 3.24. The van der Waals surface area contributed by atoms with Crippen molar-refractivity contribution in [3.63, 3.8) is 0 Å². The summed E-state index contributed by atoms with van der Waals surface area (Å²) in [6, 6.07) is 13.0. The SMILES string of the molecule is C=CC(=O)N1CC(n2ccc(C)c2C(C)C/C=C(C=C)\C(C=NC)=C\C)C1.CCc1ccccc1. The number of aliphatic imine (C=N–C) groups is 1. The van der Waals surface area contributed by atoms with E-state index in [2.05, 4.69) is 92.2 Å². The number of hydrogen-bond acceptors (Lipinski definition) is 2. The fraction of sp³-hybridized carbons (Fsp3) is 0.355. The van der Waals surface area contributed by atoms with Crippen LogP contribution in [-0.2, 0) is 11.2 Å². The maximum Gasteiger partial charge on any atom is 0.246 e. The molecule has 1 unspecified atom stereocenters. The minimum atomic E-state index is 0.0137. The Labute approximate surface area is 212 Å². The average molecular weight is 472 g/mol. The third-order valence-electron chi connectivity index (χ3n) is 6.45. The number of rotatable bonds is 9. The molecule has 1 aromatic carbocycles. The van der Waals surface area contributed by atoms with E-state index < -0.39 is 0 Å². The first kappa shape index (κ1) is 27.8. The van der Waals surface area contributed by atoms with Crippen LogP contribution in [0.1, 0.15) is 56.0 Å². The molecular weight excluding hydrogens is 430 g/mol. The van der Waals surface area contributed by atoms with Crippen molar-refractivity contribution in [3.8, 4) is 0 Å². The number of aryl methyl sites for hydroxylation is 2. The molecule has 1 atom stereocenters. The monoisotopic (exact) mass is 471 g/mol. The first-order chi connectivity index (χ1) is 16.9. The van der Waals surface area contributed by atoms with E-state index in [1.807, 2.05) is 30.2 Å². The summed E-state index contributed by atoms with van der Waals surface area (Å²) in [4.78, 5) is 17.7. The third kappa shape index (κ3) is 7.54. The van der Waals surface area contributed by atoms with Crippen LogP contribution in [0.5, 0.6) is 0 Å². The fourth-order valence-electron chi connectivity index (χ4n) is 4.37. The van der Waals surface area contributed by atoms with Gasteiger partial charge in [0, 0.05) is 44.2 Å². The van der Waals surface area contributed by atoms with Crippen molar-refractivity contribution in [2.75, 3.05) is 20.1 Å². The molecule has 3 rings (SSSR count). The van der Waals surface area contributed by atoms with Crippen LogP contribution in [0.25, 0.3) is 0 Å². The number of amides is 1. The fourth-order valence-corrected chi connectivity index (χ4v) is 4.37. The van der Waals surface area contributed by atoms with Crippen molar-refractivity contribution in [1.29, 1.82) is 0 Å². The highest BCUT2D eigenvalue weighted by atomic mass is 16.2. The number of nitrogens with zero attached hydrogens (tertiary/aromatic N) is 3. The Hall–Kier alpha value is -3.40. The lowest BCUT2D eigenvalue weighted by Gasteiger charge is -2.41. The van der Waals surface area contributed by atoms with Crippen molar-refractivity contribution >= 4 is 12.1 Å². The predicted octanol–water partition coefficient (Wildman–Crippen LogP) is 6.87. The molecule has 1 amide bonds. The molecule has 0 bridgehead atoms. The number of carbonyl (C=O) groups excluding carboxylic acids is 1. The van der Waals surface area contributed by atoms with Gasteiger partial charge in [0.25, 0.3) is 0 Å². The quantitative estimate of drug-likeness (QED) is 0.223. The molecule has 1 aliphatic heterocycles. The van der Waals surface area contributed by atoms with Gasteiger partial charge in [-0.25, -0.2) is 0 Å². The minimum Gasteiger partial charge on any atom is -0.344 e. The standard InChI is InChI=1S/C23H31N3O.C8H10/c1-7-19(20(8-2)14-24-6)11-10-17(4)23-18(5)12-13-26(23)21-15-25(16-21)22(27)9-3;1-2-8-6-4-3-5-7-8/h7-9,11-14,17,21H,1,3,10,15-16H2,2,4-6H3;3-7H,2H2,1H3/b19-11-,20-8+,24-14?;. The van der Waals surface area contributed by atoms with E-state index in [0.717, 1.165) is 37.1 Å². The highest BCUT2D eigenvalue weighted by Crippen LogP contribution is 2.31. The van der Waals surface area contributed by atoms with Gasteiger partial charge in [0.1, 0.15) is 0 Å². The number of benzene rings is 1. The number of hydrogen-bond donors (Lipinski definition) is 0. The highest BCUT2D eigenvalue weighted by molar-refractivity contribution is 5.87. The number of aromatic nitrogens is 1. The molecule has 0 spiro atoms. The largest absolute Gasteiger partial charge is 0.344 e. The molecule has 0 N–H and O–H groups in total. The van der Waals surface area contributed by atoms with Crippen LogP contribution in [0.3, 0.4) is 0 Å². The molecule has 1 saturated heterocycles. The topological polar surface area (TPSA) is 37.6 Å². The summed E-state index contributed by atoms with van der Waals surface area (Å²) in [5.41, 5.74) is 6.25. The third-order valence-corrected chi connectivity index (χ3v) is 6.45. The molecular formula is C31H41N3O. The van der Waals surface area contributed by atoms with Crippen molar-refractivity contribution in [2.45, 2.75) is 52.5 Å². The van der Waals surface area contributed by atoms with Gasteiger partial charge in [-0.2, -0.15) is 0 Å². The van der Waals surface area contributed by atoms with Crippen LogP contribution >= 0.6 is 0 Å². The van der Waals surface area contributed by atoms with Gasteiger partial charge in [0.05, 0.1) is 6.04 Å². The Morgan fingerprint density at radius 3 is 2.34 bits per heavy atom. The van der Waals surface area contributed by atoms with Gasteiger partial charge in [-0.15, -0.1) is 0 Å². The zero-order chi connectivity index (χ0) is 25.8. The molecule has 1 fully saturated rings. The van der Waals surface area contributed by atoms with Gasteiger partial charge in [-0.1, -0.05) is 75.6 Å². The van der Waals surface area contributed by atoms with Crippen LogP contribution in [-0.4, -0.2) is 41.7 Å². The molecule has 4 nitrogen and oxygen atoms in total. The van der Waals surface area contributed by atoms with Crippen LogP contribution in [0, 0.1) is 6.92 Å². The molecule has 1 aromatic heterocycles. The summed E-state index contributed by atoms with van der Waals surface area (Å²) in [5, 5.41) is 0. The Balaban J connectivity index is 0.000000456. The maximum absolute atomic E-state index is 11.7. The summed E-state index contributed by atoms with van der Waals surface area (Å²) < 4.78 is 2.35. The Morgan fingerprint density at radius 2 is 1.83 bits per heavy atom. The van der Waals surface area contributed by atoms with Crippen LogP contribution < -0.4 is 0 Å². The second kappa shape index (κ2) is 14.1. The second-order valence-corrected chi connectivity index (χ2v) is 8.86. The Bertz CT molecular complexity index is 1070. The minimum absolute atomic E-state index is 0.0137. The summed E-state index contributed by atoms with van der Waals surface area (Å²) in [5.74, 6) is 0.385. The normalized spacial score (nSPS) is 15.3. The van der Waals surface area contributed by atoms with Gasteiger partial charge >= 0.3 is 0 Å². The second-order valence-electron chi connectivity index (χ2n) is 8.86. The van der Waals surface area contributed by atoms with E-state index in [-0.39, 0.29) is 5.91 Å². The van der Waals surface area contributed by atoms with E-state index >= 15 is 0 Å². The van der Waals surface area contributed by atoms with Crippen LogP contribution in [0.2, 0.25) is 0 Å². The van der Waals surface area contributed by atoms with E-state index in [1.165, 1.54) is 22.9 Å². The molecule has 2 heterocycles. The van der Waals surface area contributed by atoms with Crippen molar-refractivity contribution in [3.05, 3.63) is 108 Å². The maximum atomic E-state index is 11.7. The first-order valence-electron chi connectivity index (χ1n) is 12.4. The molecule has 0 radical (unpaired) electrons. The summed E-state index contributed by atoms with van der Waals surface area (Å²) in [6.45, 7) is 17.6. The molecule has 2 aromatic rings. The number of likely N-dealkylation sites (tertiary alicyclic amines) is 1. The van der Waals surface area contributed by atoms with Crippen molar-refractivity contribution < 1.29 is 4.79 Å². The first-order valence-corrected chi connectivity index (χ1v) is 12.4.